The molecule has 0 bridgehead atoms. The van der Waals surface area contributed by atoms with E-state index in [-0.39, 0.29) is 18.2 Å². The van der Waals surface area contributed by atoms with Crippen LogP contribution in [0.2, 0.25) is 5.02 Å². The van der Waals surface area contributed by atoms with E-state index >= 15 is 0 Å². The second-order valence-corrected chi connectivity index (χ2v) is 9.30. The highest BCUT2D eigenvalue weighted by Gasteiger charge is 2.19. The first-order valence-electron chi connectivity index (χ1n) is 12.0. The Hall–Kier alpha value is -4.16. The number of halogens is 1. The van der Waals surface area contributed by atoms with Crippen molar-refractivity contribution >= 4 is 29.6 Å². The van der Waals surface area contributed by atoms with Crippen LogP contribution in [0.5, 0.6) is 0 Å². The van der Waals surface area contributed by atoms with E-state index in [2.05, 4.69) is 20.4 Å². The molecule has 0 saturated heterocycles. The highest BCUT2D eigenvalue weighted by molar-refractivity contribution is 6.31. The number of rotatable bonds is 8. The number of aromatic nitrogens is 1. The Morgan fingerprint density at radius 1 is 0.946 bits per heavy atom. The van der Waals surface area contributed by atoms with Crippen LogP contribution < -0.4 is 10.7 Å². The van der Waals surface area contributed by atoms with Crippen molar-refractivity contribution in [3.8, 4) is 5.69 Å². The van der Waals surface area contributed by atoms with Crippen LogP contribution in [-0.4, -0.2) is 22.6 Å². The lowest BCUT2D eigenvalue weighted by Gasteiger charge is -2.18. The van der Waals surface area contributed by atoms with Crippen LogP contribution in [0.1, 0.15) is 50.9 Å². The molecular weight excluding hydrogens is 484 g/mol. The third kappa shape index (κ3) is 6.35. The normalized spacial score (nSPS) is 11.9. The number of amides is 2. The van der Waals surface area contributed by atoms with Crippen molar-refractivity contribution in [2.75, 3.05) is 0 Å². The number of nitrogens with one attached hydrogen (secondary N) is 2. The molecule has 3 aromatic carbocycles. The third-order valence-corrected chi connectivity index (χ3v) is 6.62. The molecule has 1 heterocycles. The Labute approximate surface area is 222 Å². The predicted octanol–water partition coefficient (Wildman–Crippen LogP) is 6.07. The molecule has 0 saturated carbocycles. The Morgan fingerprint density at radius 2 is 1.62 bits per heavy atom. The summed E-state index contributed by atoms with van der Waals surface area (Å²) in [6.07, 6.45) is 1.67. The quantitative estimate of drug-likeness (QED) is 0.222. The number of nitrogens with zero attached hydrogens (tertiary/aromatic N) is 2. The summed E-state index contributed by atoms with van der Waals surface area (Å²) in [6.45, 7) is 5.97. The molecule has 0 aliphatic heterocycles. The number of carbonyl (C=O) groups is 2. The maximum Gasteiger partial charge on any atom is 0.251 e. The average molecular weight is 513 g/mol. The molecule has 0 radical (unpaired) electrons. The highest BCUT2D eigenvalue weighted by atomic mass is 35.5. The van der Waals surface area contributed by atoms with Gasteiger partial charge in [-0.25, -0.2) is 5.43 Å². The molecule has 4 aromatic rings. The molecule has 2 amide bonds. The fourth-order valence-electron chi connectivity index (χ4n) is 4.21. The van der Waals surface area contributed by atoms with E-state index in [1.165, 1.54) is 0 Å². The summed E-state index contributed by atoms with van der Waals surface area (Å²) in [6, 6.07) is 25.8. The van der Waals surface area contributed by atoms with Crippen molar-refractivity contribution in [2.24, 2.45) is 5.10 Å². The zero-order chi connectivity index (χ0) is 26.4. The van der Waals surface area contributed by atoms with E-state index in [9.17, 15) is 9.59 Å². The summed E-state index contributed by atoms with van der Waals surface area (Å²) in [5, 5.41) is 7.87. The molecule has 7 heteroatoms. The first-order chi connectivity index (χ1) is 17.8. The van der Waals surface area contributed by atoms with Gasteiger partial charge in [-0.05, 0) is 62.2 Å². The first-order valence-corrected chi connectivity index (χ1v) is 12.4. The molecule has 0 aliphatic rings. The predicted molar refractivity (Wildman–Crippen MR) is 148 cm³/mol. The largest absolute Gasteiger partial charge is 0.345 e. The molecular formula is C30H29ClN4O2. The Balaban J connectivity index is 1.45. The Kier molecular flexibility index (Phi) is 8.21. The monoisotopic (exact) mass is 512 g/mol. The molecule has 1 atom stereocenters. The smallest absolute Gasteiger partial charge is 0.251 e. The van der Waals surface area contributed by atoms with Crippen LogP contribution in [0.15, 0.2) is 90.0 Å². The van der Waals surface area contributed by atoms with Crippen molar-refractivity contribution in [1.29, 1.82) is 0 Å². The lowest BCUT2D eigenvalue weighted by molar-refractivity contribution is -0.121. The van der Waals surface area contributed by atoms with Crippen molar-refractivity contribution < 1.29 is 9.59 Å². The van der Waals surface area contributed by atoms with E-state index in [0.717, 1.165) is 33.8 Å². The molecule has 0 fully saturated rings. The minimum Gasteiger partial charge on any atom is -0.345 e. The van der Waals surface area contributed by atoms with Gasteiger partial charge in [-0.2, -0.15) is 5.10 Å². The van der Waals surface area contributed by atoms with Gasteiger partial charge in [0.25, 0.3) is 5.91 Å². The van der Waals surface area contributed by atoms with Crippen molar-refractivity contribution in [2.45, 2.75) is 33.2 Å². The summed E-state index contributed by atoms with van der Waals surface area (Å²) < 4.78 is 2.10. The summed E-state index contributed by atoms with van der Waals surface area (Å²) >= 11 is 6.33. The van der Waals surface area contributed by atoms with E-state index < -0.39 is 6.04 Å². The fourth-order valence-corrected chi connectivity index (χ4v) is 4.38. The molecule has 37 heavy (non-hydrogen) atoms. The van der Waals surface area contributed by atoms with Gasteiger partial charge < -0.3 is 9.88 Å². The highest BCUT2D eigenvalue weighted by Crippen LogP contribution is 2.24. The minimum absolute atomic E-state index is 0.0425. The number of aryl methyl sites for hydroxylation is 2. The van der Waals surface area contributed by atoms with Crippen LogP contribution in [0.3, 0.4) is 0 Å². The summed E-state index contributed by atoms with van der Waals surface area (Å²) in [7, 11) is 0. The number of hydrogen-bond acceptors (Lipinski definition) is 3. The van der Waals surface area contributed by atoms with Gasteiger partial charge in [-0.3, -0.25) is 9.59 Å². The third-order valence-electron chi connectivity index (χ3n) is 6.21. The fraction of sp³-hybridized carbons (Fsp3) is 0.167. The van der Waals surface area contributed by atoms with Crippen LogP contribution in [0, 0.1) is 20.8 Å². The molecule has 188 valence electrons. The maximum absolute atomic E-state index is 12.8. The number of hydrazone groups is 1. The first kappa shape index (κ1) is 25.9. The van der Waals surface area contributed by atoms with E-state index in [1.807, 2.05) is 81.4 Å². The van der Waals surface area contributed by atoms with Crippen molar-refractivity contribution in [3.63, 3.8) is 0 Å². The molecule has 1 aromatic heterocycles. The Morgan fingerprint density at radius 3 is 2.30 bits per heavy atom. The van der Waals surface area contributed by atoms with Crippen LogP contribution in [-0.2, 0) is 4.79 Å². The van der Waals surface area contributed by atoms with Gasteiger partial charge in [-0.15, -0.1) is 0 Å². The van der Waals surface area contributed by atoms with Gasteiger partial charge in [0.1, 0.15) is 0 Å². The second kappa shape index (κ2) is 11.7. The SMILES string of the molecule is Cc1ccc(-n2c(C)cc(/C=N\NC(=O)C[C@H](NC(=O)c3ccccc3)c3ccccc3)c2C)cc1Cl. The summed E-state index contributed by atoms with van der Waals surface area (Å²) in [4.78, 5) is 25.5. The van der Waals surface area contributed by atoms with Gasteiger partial charge in [0.15, 0.2) is 0 Å². The van der Waals surface area contributed by atoms with Gasteiger partial charge in [0.2, 0.25) is 5.91 Å². The standard InChI is InChI=1S/C30H29ClN4O2/c1-20-14-15-26(17-27(20)31)35-21(2)16-25(22(35)3)19-32-34-29(36)18-28(23-10-6-4-7-11-23)33-30(37)24-12-8-5-9-13-24/h4-17,19,28H,18H2,1-3H3,(H,33,37)(H,34,36)/b32-19-/t28-/m0/s1. The molecule has 0 unspecified atom stereocenters. The molecule has 4 rings (SSSR count). The molecule has 0 aliphatic carbocycles. The van der Waals surface area contributed by atoms with Gasteiger partial charge in [0.05, 0.1) is 18.7 Å². The van der Waals surface area contributed by atoms with Crippen LogP contribution in [0.4, 0.5) is 0 Å². The lowest BCUT2D eigenvalue weighted by Crippen LogP contribution is -2.32. The van der Waals surface area contributed by atoms with Crippen LogP contribution in [0.25, 0.3) is 5.69 Å². The molecule has 0 spiro atoms. The topological polar surface area (TPSA) is 75.5 Å². The van der Waals surface area contributed by atoms with E-state index in [1.54, 1.807) is 30.5 Å². The van der Waals surface area contributed by atoms with Crippen molar-refractivity contribution in [3.05, 3.63) is 124 Å². The van der Waals surface area contributed by atoms with Gasteiger partial charge in [0, 0.05) is 33.2 Å². The number of carbonyl (C=O) groups excluding carboxylic acids is 2. The second-order valence-electron chi connectivity index (χ2n) is 8.90. The summed E-state index contributed by atoms with van der Waals surface area (Å²) in [5.41, 5.74) is 8.85. The van der Waals surface area contributed by atoms with Gasteiger partial charge >= 0.3 is 0 Å². The zero-order valence-corrected chi connectivity index (χ0v) is 21.8. The van der Waals surface area contributed by atoms with E-state index in [0.29, 0.717) is 10.6 Å². The zero-order valence-electron chi connectivity index (χ0n) is 21.0. The number of benzene rings is 3. The molecule has 6 nitrogen and oxygen atoms in total. The summed E-state index contributed by atoms with van der Waals surface area (Å²) in [5.74, 6) is -0.549. The van der Waals surface area contributed by atoms with E-state index in [4.69, 9.17) is 11.6 Å². The average Bonchev–Trinajstić information content (AvgIpc) is 3.19. The van der Waals surface area contributed by atoms with Gasteiger partial charge in [-0.1, -0.05) is 66.2 Å². The maximum atomic E-state index is 12.8. The molecule has 2 N–H and O–H groups in total. The van der Waals surface area contributed by atoms with Crippen molar-refractivity contribution in [1.82, 2.24) is 15.3 Å². The number of hydrogen-bond donors (Lipinski definition) is 2. The van der Waals surface area contributed by atoms with Crippen LogP contribution >= 0.6 is 11.6 Å². The minimum atomic E-state index is -0.500. The lowest BCUT2D eigenvalue weighted by atomic mass is 10.0. The Bertz CT molecular complexity index is 1430.